The molecule has 0 saturated heterocycles. The average molecular weight is 349 g/mol. The summed E-state index contributed by atoms with van der Waals surface area (Å²) >= 11 is 0. The number of ether oxygens (including phenoxy) is 1. The van der Waals surface area contributed by atoms with E-state index in [1.54, 1.807) is 49.6 Å². The highest BCUT2D eigenvalue weighted by Crippen LogP contribution is 2.16. The van der Waals surface area contributed by atoms with Crippen LogP contribution in [0.5, 0.6) is 0 Å². The van der Waals surface area contributed by atoms with E-state index in [1.165, 1.54) is 0 Å². The zero-order chi connectivity index (χ0) is 18.5. The number of aryl methyl sites for hydroxylation is 1. The number of carbonyl (C=O) groups excluding carboxylic acids is 2. The Morgan fingerprint density at radius 1 is 1.15 bits per heavy atom. The Balaban J connectivity index is 1.60. The molecule has 1 aromatic heterocycles. The van der Waals surface area contributed by atoms with Gasteiger partial charge in [-0.15, -0.1) is 0 Å². The quantitative estimate of drug-likeness (QED) is 0.690. The molecule has 0 fully saturated rings. The number of nitrogens with one attached hydrogen (secondary N) is 2. The molecule has 132 valence electrons. The van der Waals surface area contributed by atoms with Gasteiger partial charge in [0.1, 0.15) is 5.82 Å². The number of hydrogen-bond acceptors (Lipinski definition) is 4. The first kappa shape index (κ1) is 17.4. The number of benzene rings is 2. The lowest BCUT2D eigenvalue weighted by molar-refractivity contribution is -0.123. The maximum Gasteiger partial charge on any atom is 0.338 e. The van der Waals surface area contributed by atoms with Gasteiger partial charge in [-0.25, -0.2) is 9.78 Å². The van der Waals surface area contributed by atoms with Gasteiger partial charge in [-0.3, -0.25) is 4.79 Å². The fourth-order valence-electron chi connectivity index (χ4n) is 2.44. The molecule has 0 spiro atoms. The minimum absolute atomic E-state index is 0.371. The number of carbonyl (C=O) groups is 2. The Bertz CT molecular complexity index is 902. The molecule has 1 amide bonds. The number of aromatic amines is 1. The molecule has 3 rings (SSSR count). The zero-order valence-electron chi connectivity index (χ0n) is 14.5. The molecule has 2 aromatic carbocycles. The highest BCUT2D eigenvalue weighted by atomic mass is 16.5. The van der Waals surface area contributed by atoms with E-state index in [2.05, 4.69) is 15.3 Å². The average Bonchev–Trinajstić information content (AvgIpc) is 3.16. The summed E-state index contributed by atoms with van der Waals surface area (Å²) < 4.78 is 5.26. The topological polar surface area (TPSA) is 84.1 Å². The van der Waals surface area contributed by atoms with Crippen molar-refractivity contribution in [3.8, 4) is 11.4 Å². The molecular formula is C20H19N3O3. The number of anilines is 1. The molecule has 0 aliphatic heterocycles. The van der Waals surface area contributed by atoms with Crippen LogP contribution in [0, 0.1) is 6.92 Å². The predicted octanol–water partition coefficient (Wildman–Crippen LogP) is 3.57. The van der Waals surface area contributed by atoms with Crippen molar-refractivity contribution in [1.29, 1.82) is 0 Å². The van der Waals surface area contributed by atoms with E-state index < -0.39 is 12.1 Å². The molecule has 0 saturated carbocycles. The number of H-pyrrole nitrogens is 1. The van der Waals surface area contributed by atoms with Crippen LogP contribution in [-0.2, 0) is 9.53 Å². The smallest absolute Gasteiger partial charge is 0.338 e. The van der Waals surface area contributed by atoms with Crippen molar-refractivity contribution >= 4 is 17.6 Å². The fourth-order valence-corrected chi connectivity index (χ4v) is 2.44. The van der Waals surface area contributed by atoms with Crippen LogP contribution in [0.2, 0.25) is 0 Å². The molecule has 0 bridgehead atoms. The fraction of sp³-hybridized carbons (Fsp3) is 0.150. The number of esters is 1. The van der Waals surface area contributed by atoms with Gasteiger partial charge in [-0.2, -0.15) is 0 Å². The third-order valence-electron chi connectivity index (χ3n) is 3.83. The molecule has 1 atom stereocenters. The molecule has 0 aliphatic carbocycles. The summed E-state index contributed by atoms with van der Waals surface area (Å²) in [6.07, 6.45) is 2.48. The summed E-state index contributed by atoms with van der Waals surface area (Å²) in [6, 6.07) is 14.2. The molecule has 2 N–H and O–H groups in total. The Hall–Kier alpha value is -3.41. The van der Waals surface area contributed by atoms with Gasteiger partial charge in [-0.1, -0.05) is 24.3 Å². The van der Waals surface area contributed by atoms with Crippen LogP contribution in [0.15, 0.2) is 60.9 Å². The van der Waals surface area contributed by atoms with E-state index in [1.807, 2.05) is 25.1 Å². The molecular weight excluding hydrogens is 330 g/mol. The SMILES string of the molecule is Cc1cccc(NC(=O)C(C)OC(=O)c2ccc(-c3ncc[nH]3)cc2)c1. The minimum atomic E-state index is -0.909. The van der Waals surface area contributed by atoms with Crippen molar-refractivity contribution in [3.05, 3.63) is 72.1 Å². The van der Waals surface area contributed by atoms with Crippen LogP contribution in [0.25, 0.3) is 11.4 Å². The molecule has 3 aromatic rings. The van der Waals surface area contributed by atoms with E-state index in [-0.39, 0.29) is 5.91 Å². The predicted molar refractivity (Wildman–Crippen MR) is 98.7 cm³/mol. The third-order valence-corrected chi connectivity index (χ3v) is 3.83. The van der Waals surface area contributed by atoms with Crippen LogP contribution in [0.1, 0.15) is 22.8 Å². The van der Waals surface area contributed by atoms with Crippen molar-refractivity contribution in [2.75, 3.05) is 5.32 Å². The molecule has 6 heteroatoms. The summed E-state index contributed by atoms with van der Waals surface area (Å²) in [7, 11) is 0. The second-order valence-electron chi connectivity index (χ2n) is 5.92. The summed E-state index contributed by atoms with van der Waals surface area (Å²) in [4.78, 5) is 31.6. The van der Waals surface area contributed by atoms with Crippen LogP contribution < -0.4 is 5.32 Å². The van der Waals surface area contributed by atoms with Crippen molar-refractivity contribution in [3.63, 3.8) is 0 Å². The van der Waals surface area contributed by atoms with E-state index in [0.29, 0.717) is 11.3 Å². The van der Waals surface area contributed by atoms with Gasteiger partial charge < -0.3 is 15.0 Å². The molecule has 0 radical (unpaired) electrons. The Morgan fingerprint density at radius 2 is 1.92 bits per heavy atom. The Morgan fingerprint density at radius 3 is 2.58 bits per heavy atom. The summed E-state index contributed by atoms with van der Waals surface area (Å²) in [5, 5.41) is 2.74. The lowest BCUT2D eigenvalue weighted by Crippen LogP contribution is -2.30. The lowest BCUT2D eigenvalue weighted by atomic mass is 10.1. The summed E-state index contributed by atoms with van der Waals surface area (Å²) in [5.74, 6) is -0.213. The van der Waals surface area contributed by atoms with Gasteiger partial charge >= 0.3 is 5.97 Å². The van der Waals surface area contributed by atoms with Crippen LogP contribution in [-0.4, -0.2) is 27.9 Å². The van der Waals surface area contributed by atoms with Crippen molar-refractivity contribution in [2.45, 2.75) is 20.0 Å². The first-order valence-corrected chi connectivity index (χ1v) is 8.21. The highest BCUT2D eigenvalue weighted by molar-refractivity contribution is 5.97. The summed E-state index contributed by atoms with van der Waals surface area (Å²) in [5.41, 5.74) is 2.93. The van der Waals surface area contributed by atoms with Crippen molar-refractivity contribution in [1.82, 2.24) is 9.97 Å². The van der Waals surface area contributed by atoms with Crippen molar-refractivity contribution < 1.29 is 14.3 Å². The third kappa shape index (κ3) is 4.16. The van der Waals surface area contributed by atoms with Crippen molar-refractivity contribution in [2.24, 2.45) is 0 Å². The van der Waals surface area contributed by atoms with Crippen LogP contribution >= 0.6 is 0 Å². The van der Waals surface area contributed by atoms with Crippen LogP contribution in [0.4, 0.5) is 5.69 Å². The Kier molecular flexibility index (Phi) is 5.12. The number of amides is 1. The van der Waals surface area contributed by atoms with Gasteiger partial charge in [0.2, 0.25) is 0 Å². The first-order valence-electron chi connectivity index (χ1n) is 8.21. The summed E-state index contributed by atoms with van der Waals surface area (Å²) in [6.45, 7) is 3.48. The normalized spacial score (nSPS) is 11.6. The number of hydrogen-bond donors (Lipinski definition) is 2. The second kappa shape index (κ2) is 7.65. The van der Waals surface area contributed by atoms with Gasteiger partial charge in [-0.05, 0) is 43.7 Å². The van der Waals surface area contributed by atoms with Gasteiger partial charge in [0.05, 0.1) is 5.56 Å². The minimum Gasteiger partial charge on any atom is -0.449 e. The molecule has 26 heavy (non-hydrogen) atoms. The van der Waals surface area contributed by atoms with E-state index in [9.17, 15) is 9.59 Å². The molecule has 1 heterocycles. The van der Waals surface area contributed by atoms with Gasteiger partial charge in [0, 0.05) is 23.6 Å². The molecule has 0 aliphatic rings. The second-order valence-corrected chi connectivity index (χ2v) is 5.92. The van der Waals surface area contributed by atoms with Gasteiger partial charge in [0.25, 0.3) is 5.91 Å². The maximum absolute atomic E-state index is 12.2. The Labute approximate surface area is 151 Å². The maximum atomic E-state index is 12.2. The zero-order valence-corrected chi connectivity index (χ0v) is 14.5. The van der Waals surface area contributed by atoms with E-state index >= 15 is 0 Å². The number of aromatic nitrogens is 2. The number of nitrogens with zero attached hydrogens (tertiary/aromatic N) is 1. The highest BCUT2D eigenvalue weighted by Gasteiger charge is 2.19. The van der Waals surface area contributed by atoms with Crippen LogP contribution in [0.3, 0.4) is 0 Å². The van der Waals surface area contributed by atoms with E-state index in [0.717, 1.165) is 17.0 Å². The van der Waals surface area contributed by atoms with E-state index in [4.69, 9.17) is 4.74 Å². The number of rotatable bonds is 5. The molecule has 6 nitrogen and oxygen atoms in total. The monoisotopic (exact) mass is 349 g/mol. The molecule has 1 unspecified atom stereocenters. The van der Waals surface area contributed by atoms with Gasteiger partial charge in [0.15, 0.2) is 6.10 Å². The number of imidazole rings is 1. The largest absolute Gasteiger partial charge is 0.449 e. The lowest BCUT2D eigenvalue weighted by Gasteiger charge is -2.14. The first-order chi connectivity index (χ1) is 12.5. The standard InChI is InChI=1S/C20H19N3O3/c1-13-4-3-5-17(12-13)23-19(24)14(2)26-20(25)16-8-6-15(7-9-16)18-21-10-11-22-18/h3-12,14H,1-2H3,(H,21,22)(H,23,24).